The number of aliphatic imine (C=N–C) groups is 1. The van der Waals surface area contributed by atoms with Gasteiger partial charge in [-0.1, -0.05) is 18.2 Å². The van der Waals surface area contributed by atoms with Gasteiger partial charge in [0.15, 0.2) is 5.96 Å². The number of nitrogens with one attached hydrogen (secondary N) is 2. The van der Waals surface area contributed by atoms with Crippen LogP contribution in [0.4, 0.5) is 0 Å². The van der Waals surface area contributed by atoms with Crippen molar-refractivity contribution in [3.05, 3.63) is 30.3 Å². The molecule has 1 aliphatic carbocycles. The normalized spacial score (nSPS) is 19.9. The molecule has 3 rings (SSSR count). The van der Waals surface area contributed by atoms with E-state index < -0.39 is 0 Å². The van der Waals surface area contributed by atoms with Crippen LogP contribution in [0.2, 0.25) is 0 Å². The van der Waals surface area contributed by atoms with Crippen molar-refractivity contribution < 1.29 is 0 Å². The maximum absolute atomic E-state index is 4.91. The lowest BCUT2D eigenvalue weighted by Crippen LogP contribution is -2.39. The van der Waals surface area contributed by atoms with E-state index in [2.05, 4.69) is 64.7 Å². The first-order valence-electron chi connectivity index (χ1n) is 10.9. The molecule has 1 saturated carbocycles. The molecule has 5 nitrogen and oxygen atoms in total. The van der Waals surface area contributed by atoms with Crippen molar-refractivity contribution in [3.8, 4) is 0 Å². The first-order valence-corrected chi connectivity index (χ1v) is 11.7. The maximum atomic E-state index is 4.91. The second-order valence-corrected chi connectivity index (χ2v) is 9.61. The summed E-state index contributed by atoms with van der Waals surface area (Å²) in [4.78, 5) is 11.3. The Bertz CT molecular complexity index is 608. The summed E-state index contributed by atoms with van der Waals surface area (Å²) in [5.41, 5.74) is 0. The molecule has 1 saturated heterocycles. The number of hydrogen-bond acceptors (Lipinski definition) is 4. The third kappa shape index (κ3) is 9.02. The Morgan fingerprint density at radius 2 is 1.90 bits per heavy atom. The monoisotopic (exact) mass is 531 g/mol. The van der Waals surface area contributed by atoms with Crippen LogP contribution in [0.3, 0.4) is 0 Å². The summed E-state index contributed by atoms with van der Waals surface area (Å²) in [7, 11) is 2.23. The molecule has 1 aliphatic heterocycles. The summed E-state index contributed by atoms with van der Waals surface area (Å²) in [6.07, 6.45) is 4.98. The number of halogens is 1. The molecule has 0 amide bonds. The highest BCUT2D eigenvalue weighted by molar-refractivity contribution is 14.0. The van der Waals surface area contributed by atoms with Gasteiger partial charge < -0.3 is 20.4 Å². The van der Waals surface area contributed by atoms with Crippen LogP contribution in [0.1, 0.15) is 32.6 Å². The number of nitrogens with zero attached hydrogens (tertiary/aromatic N) is 3. The number of hydrogen-bond donors (Lipinski definition) is 2. The van der Waals surface area contributed by atoms with E-state index in [9.17, 15) is 0 Å². The molecular formula is C22H38IN5S. The van der Waals surface area contributed by atoms with Gasteiger partial charge in [0.2, 0.25) is 0 Å². The number of likely N-dealkylation sites (N-methyl/N-ethyl adjacent to an activating group) is 1. The van der Waals surface area contributed by atoms with Crippen LogP contribution in [0.25, 0.3) is 0 Å². The van der Waals surface area contributed by atoms with E-state index in [4.69, 9.17) is 4.99 Å². The van der Waals surface area contributed by atoms with Crippen molar-refractivity contribution >= 4 is 41.7 Å². The molecule has 0 radical (unpaired) electrons. The standard InChI is InChI=1S/C22H37N5S.HI/c1-3-23-21(24-13-7-15-27-16-8-14-26(2)17-18-27)25-19-22(11-12-22)28-20-9-5-4-6-10-20;/h4-6,9-10H,3,7-8,11-19H2,1-2H3,(H2,23,24,25);1H. The Morgan fingerprint density at radius 1 is 1.10 bits per heavy atom. The first kappa shape index (κ1) is 24.8. The lowest BCUT2D eigenvalue weighted by atomic mass is 10.3. The van der Waals surface area contributed by atoms with Gasteiger partial charge in [-0.25, -0.2) is 0 Å². The Kier molecular flexibility index (Phi) is 11.1. The summed E-state index contributed by atoms with van der Waals surface area (Å²) < 4.78 is 0.307. The highest BCUT2D eigenvalue weighted by Gasteiger charge is 2.43. The van der Waals surface area contributed by atoms with Crippen LogP contribution in [0, 0.1) is 0 Å². The van der Waals surface area contributed by atoms with Crippen LogP contribution >= 0.6 is 35.7 Å². The SMILES string of the molecule is CCNC(=NCC1(Sc2ccccc2)CC1)NCCCN1CCCN(C)CC1.I. The van der Waals surface area contributed by atoms with Gasteiger partial charge in [0.25, 0.3) is 0 Å². The fourth-order valence-corrected chi connectivity index (χ4v) is 4.80. The summed E-state index contributed by atoms with van der Waals surface area (Å²) >= 11 is 1.99. The van der Waals surface area contributed by atoms with Crippen LogP contribution in [0.5, 0.6) is 0 Å². The second kappa shape index (κ2) is 13.0. The van der Waals surface area contributed by atoms with Gasteiger partial charge in [-0.15, -0.1) is 35.7 Å². The van der Waals surface area contributed by atoms with Crippen LogP contribution < -0.4 is 10.6 Å². The number of thioether (sulfide) groups is 1. The van der Waals surface area contributed by atoms with Crippen LogP contribution in [0.15, 0.2) is 40.2 Å². The van der Waals surface area contributed by atoms with E-state index >= 15 is 0 Å². The fourth-order valence-electron chi connectivity index (χ4n) is 3.57. The Hall–Kier alpha value is -0.510. The van der Waals surface area contributed by atoms with Gasteiger partial charge in [0, 0.05) is 35.8 Å². The summed E-state index contributed by atoms with van der Waals surface area (Å²) in [6, 6.07) is 10.7. The zero-order valence-corrected chi connectivity index (χ0v) is 21.2. The van der Waals surface area contributed by atoms with E-state index in [0.29, 0.717) is 4.75 Å². The molecule has 29 heavy (non-hydrogen) atoms. The minimum absolute atomic E-state index is 0. The van der Waals surface area contributed by atoms with Crippen LogP contribution in [-0.4, -0.2) is 79.9 Å². The molecule has 0 bridgehead atoms. The summed E-state index contributed by atoms with van der Waals surface area (Å²) in [5.74, 6) is 0.970. The van der Waals surface area contributed by atoms with E-state index in [-0.39, 0.29) is 24.0 Å². The fraction of sp³-hybridized carbons (Fsp3) is 0.682. The quantitative estimate of drug-likeness (QED) is 0.221. The van der Waals surface area contributed by atoms with Gasteiger partial charge in [-0.2, -0.15) is 0 Å². The van der Waals surface area contributed by atoms with Gasteiger partial charge in [-0.05, 0) is 71.4 Å². The van der Waals surface area contributed by atoms with Crippen LogP contribution in [-0.2, 0) is 0 Å². The van der Waals surface area contributed by atoms with Gasteiger partial charge >= 0.3 is 0 Å². The molecule has 1 heterocycles. The minimum atomic E-state index is 0. The third-order valence-electron chi connectivity index (χ3n) is 5.51. The van der Waals surface area contributed by atoms with Crippen molar-refractivity contribution in [2.45, 2.75) is 42.2 Å². The van der Waals surface area contributed by atoms with Crippen molar-refractivity contribution in [2.24, 2.45) is 4.99 Å². The molecule has 0 aromatic heterocycles. The van der Waals surface area contributed by atoms with Crippen molar-refractivity contribution in [3.63, 3.8) is 0 Å². The zero-order chi connectivity index (χ0) is 19.7. The first-order chi connectivity index (χ1) is 13.7. The predicted molar refractivity (Wildman–Crippen MR) is 137 cm³/mol. The predicted octanol–water partition coefficient (Wildman–Crippen LogP) is 3.51. The molecule has 2 aliphatic rings. The number of benzene rings is 1. The van der Waals surface area contributed by atoms with E-state index in [1.54, 1.807) is 0 Å². The smallest absolute Gasteiger partial charge is 0.191 e. The molecule has 7 heteroatoms. The van der Waals surface area contributed by atoms with Crippen molar-refractivity contribution in [1.29, 1.82) is 0 Å². The number of guanidine groups is 1. The lowest BCUT2D eigenvalue weighted by Gasteiger charge is -2.20. The zero-order valence-electron chi connectivity index (χ0n) is 18.0. The van der Waals surface area contributed by atoms with Crippen molar-refractivity contribution in [1.82, 2.24) is 20.4 Å². The molecule has 0 unspecified atom stereocenters. The van der Waals surface area contributed by atoms with Gasteiger partial charge in [0.1, 0.15) is 0 Å². The molecule has 2 N–H and O–H groups in total. The molecule has 164 valence electrons. The largest absolute Gasteiger partial charge is 0.357 e. The summed E-state index contributed by atoms with van der Waals surface area (Å²) in [6.45, 7) is 10.9. The van der Waals surface area contributed by atoms with E-state index in [0.717, 1.165) is 32.0 Å². The molecule has 0 atom stereocenters. The average Bonchev–Trinajstić information content (AvgIpc) is 3.49. The lowest BCUT2D eigenvalue weighted by molar-refractivity contribution is 0.274. The minimum Gasteiger partial charge on any atom is -0.357 e. The van der Waals surface area contributed by atoms with Gasteiger partial charge in [0.05, 0.1) is 6.54 Å². The highest BCUT2D eigenvalue weighted by Crippen LogP contribution is 2.51. The average molecular weight is 532 g/mol. The topological polar surface area (TPSA) is 42.9 Å². The summed E-state index contributed by atoms with van der Waals surface area (Å²) in [5, 5.41) is 6.95. The molecular weight excluding hydrogens is 493 g/mol. The molecule has 0 spiro atoms. The Labute approximate surface area is 198 Å². The molecule has 2 fully saturated rings. The molecule has 1 aromatic carbocycles. The van der Waals surface area contributed by atoms with E-state index in [1.807, 2.05) is 11.8 Å². The number of rotatable bonds is 9. The van der Waals surface area contributed by atoms with Gasteiger partial charge in [-0.3, -0.25) is 4.99 Å². The van der Waals surface area contributed by atoms with E-state index in [1.165, 1.54) is 56.9 Å². The molecule has 1 aromatic rings. The highest BCUT2D eigenvalue weighted by atomic mass is 127. The Balaban J connectivity index is 0.00000300. The maximum Gasteiger partial charge on any atom is 0.191 e. The second-order valence-electron chi connectivity index (χ2n) is 8.07. The third-order valence-corrected chi connectivity index (χ3v) is 6.99. The Morgan fingerprint density at radius 3 is 2.62 bits per heavy atom. The van der Waals surface area contributed by atoms with Crippen molar-refractivity contribution in [2.75, 3.05) is 59.4 Å².